The highest BCUT2D eigenvalue weighted by Crippen LogP contribution is 2.28. The number of methoxy groups -OCH3 is 1. The zero-order chi connectivity index (χ0) is 24.4. The number of imide groups is 1. The molecule has 0 saturated carbocycles. The molecular weight excluding hydrogens is 454 g/mol. The molecule has 2 rings (SSSR count). The summed E-state index contributed by atoms with van der Waals surface area (Å²) in [5, 5.41) is 4.55. The van der Waals surface area contributed by atoms with Crippen molar-refractivity contribution in [3.05, 3.63) is 29.8 Å². The third kappa shape index (κ3) is 8.15. The Kier molecular flexibility index (Phi) is 9.82. The minimum atomic E-state index is -3.82. The summed E-state index contributed by atoms with van der Waals surface area (Å²) < 4.78 is 42.5. The molecule has 1 aliphatic heterocycles. The van der Waals surface area contributed by atoms with Gasteiger partial charge < -0.3 is 19.5 Å². The van der Waals surface area contributed by atoms with Gasteiger partial charge in [-0.15, -0.1) is 0 Å². The molecule has 0 aromatic heterocycles. The first kappa shape index (κ1) is 26.3. The van der Waals surface area contributed by atoms with E-state index in [0.29, 0.717) is 25.3 Å². The number of benzene rings is 1. The van der Waals surface area contributed by atoms with E-state index in [9.17, 15) is 22.8 Å². The number of rotatable bonds is 9. The van der Waals surface area contributed by atoms with E-state index in [0.717, 1.165) is 6.08 Å². The van der Waals surface area contributed by atoms with Crippen molar-refractivity contribution in [3.63, 3.8) is 0 Å². The first-order valence-corrected chi connectivity index (χ1v) is 11.8. The Labute approximate surface area is 193 Å². The van der Waals surface area contributed by atoms with Gasteiger partial charge in [0.2, 0.25) is 10.0 Å². The van der Waals surface area contributed by atoms with Crippen molar-refractivity contribution in [1.82, 2.24) is 14.9 Å². The number of amides is 3. The maximum atomic E-state index is 13.0. The number of ether oxygens (including phenoxy) is 3. The molecule has 0 radical (unpaired) electrons. The van der Waals surface area contributed by atoms with E-state index in [1.807, 2.05) is 19.2 Å². The summed E-state index contributed by atoms with van der Waals surface area (Å²) in [7, 11) is -2.45. The SMILES string of the molecule is COc1ccc(/C=C/C(=O)OCC(=O)NC(=O)NCC(C)C)cc1S(=O)(=O)N1CCOCC1. The van der Waals surface area contributed by atoms with Crippen molar-refractivity contribution in [3.8, 4) is 5.75 Å². The quantitative estimate of drug-likeness (QED) is 0.387. The molecule has 1 heterocycles. The van der Waals surface area contributed by atoms with Crippen molar-refractivity contribution in [1.29, 1.82) is 0 Å². The second-order valence-corrected chi connectivity index (χ2v) is 9.43. The highest BCUT2D eigenvalue weighted by molar-refractivity contribution is 7.89. The van der Waals surface area contributed by atoms with Crippen molar-refractivity contribution in [2.45, 2.75) is 18.7 Å². The van der Waals surface area contributed by atoms with Crippen LogP contribution in [0.25, 0.3) is 6.08 Å². The molecule has 11 nitrogen and oxygen atoms in total. The first-order valence-electron chi connectivity index (χ1n) is 10.3. The van der Waals surface area contributed by atoms with Gasteiger partial charge in [-0.05, 0) is 29.7 Å². The zero-order valence-electron chi connectivity index (χ0n) is 18.8. The monoisotopic (exact) mass is 483 g/mol. The number of morpholine rings is 1. The van der Waals surface area contributed by atoms with Gasteiger partial charge in [-0.25, -0.2) is 18.0 Å². The van der Waals surface area contributed by atoms with Gasteiger partial charge in [-0.3, -0.25) is 10.1 Å². The third-order valence-corrected chi connectivity index (χ3v) is 6.38. The minimum absolute atomic E-state index is 0.0331. The number of carbonyl (C=O) groups excluding carboxylic acids is 3. The Balaban J connectivity index is 1.98. The molecule has 1 fully saturated rings. The molecule has 1 saturated heterocycles. The Morgan fingerprint density at radius 3 is 2.55 bits per heavy atom. The maximum Gasteiger partial charge on any atom is 0.331 e. The first-order chi connectivity index (χ1) is 15.6. The predicted molar refractivity (Wildman–Crippen MR) is 119 cm³/mol. The van der Waals surface area contributed by atoms with Crippen LogP contribution in [0.3, 0.4) is 0 Å². The summed E-state index contributed by atoms with van der Waals surface area (Å²) in [6, 6.07) is 3.78. The highest BCUT2D eigenvalue weighted by atomic mass is 32.2. The van der Waals surface area contributed by atoms with E-state index in [-0.39, 0.29) is 29.7 Å². The second kappa shape index (κ2) is 12.3. The third-order valence-electron chi connectivity index (χ3n) is 4.46. The smallest absolute Gasteiger partial charge is 0.331 e. The summed E-state index contributed by atoms with van der Waals surface area (Å²) in [6.07, 6.45) is 2.41. The Hall–Kier alpha value is -2.96. The van der Waals surface area contributed by atoms with E-state index in [1.165, 1.54) is 29.6 Å². The molecule has 0 aliphatic carbocycles. The van der Waals surface area contributed by atoms with Crippen LogP contribution in [0.1, 0.15) is 19.4 Å². The van der Waals surface area contributed by atoms with E-state index in [4.69, 9.17) is 14.2 Å². The molecule has 0 bridgehead atoms. The second-order valence-electron chi connectivity index (χ2n) is 7.52. The number of carbonyl (C=O) groups is 3. The lowest BCUT2D eigenvalue weighted by Crippen LogP contribution is -2.42. The highest BCUT2D eigenvalue weighted by Gasteiger charge is 2.29. The molecule has 3 amide bonds. The van der Waals surface area contributed by atoms with Crippen LogP contribution in [0.5, 0.6) is 5.75 Å². The molecule has 2 N–H and O–H groups in total. The molecule has 0 spiro atoms. The molecule has 1 aromatic carbocycles. The Morgan fingerprint density at radius 2 is 1.91 bits per heavy atom. The fourth-order valence-corrected chi connectivity index (χ4v) is 4.38. The van der Waals surface area contributed by atoms with Crippen molar-refractivity contribution >= 4 is 34.0 Å². The van der Waals surface area contributed by atoms with Crippen LogP contribution >= 0.6 is 0 Å². The van der Waals surface area contributed by atoms with Crippen LogP contribution in [-0.2, 0) is 29.1 Å². The number of nitrogens with zero attached hydrogens (tertiary/aromatic N) is 1. The van der Waals surface area contributed by atoms with E-state index in [1.54, 1.807) is 6.07 Å². The van der Waals surface area contributed by atoms with Crippen LogP contribution in [0.4, 0.5) is 4.79 Å². The van der Waals surface area contributed by atoms with Gasteiger partial charge in [-0.1, -0.05) is 19.9 Å². The number of sulfonamides is 1. The standard InChI is InChI=1S/C21H29N3O8S/c1-15(2)13-22-21(27)23-19(25)14-32-20(26)7-5-16-4-6-17(30-3)18(12-16)33(28,29)24-8-10-31-11-9-24/h4-7,12,15H,8-11,13-14H2,1-3H3,(H2,22,23,25,27)/b7-5+. The summed E-state index contributed by atoms with van der Waals surface area (Å²) in [5.41, 5.74) is 0.414. The fraction of sp³-hybridized carbons (Fsp3) is 0.476. The largest absolute Gasteiger partial charge is 0.495 e. The Morgan fingerprint density at radius 1 is 1.21 bits per heavy atom. The lowest BCUT2D eigenvalue weighted by Gasteiger charge is -2.26. The lowest BCUT2D eigenvalue weighted by atomic mass is 10.2. The van der Waals surface area contributed by atoms with Crippen LogP contribution in [0.2, 0.25) is 0 Å². The van der Waals surface area contributed by atoms with Crippen LogP contribution < -0.4 is 15.4 Å². The summed E-state index contributed by atoms with van der Waals surface area (Å²) in [4.78, 5) is 35.1. The van der Waals surface area contributed by atoms with Gasteiger partial charge in [-0.2, -0.15) is 4.31 Å². The van der Waals surface area contributed by atoms with Gasteiger partial charge in [0, 0.05) is 25.7 Å². The normalized spacial score (nSPS) is 14.8. The fourth-order valence-electron chi connectivity index (χ4n) is 2.78. The molecule has 12 heteroatoms. The average molecular weight is 484 g/mol. The Bertz CT molecular complexity index is 985. The molecule has 0 atom stereocenters. The van der Waals surface area contributed by atoms with Gasteiger partial charge in [0.05, 0.1) is 20.3 Å². The van der Waals surface area contributed by atoms with Crippen LogP contribution in [-0.4, -0.2) is 77.2 Å². The van der Waals surface area contributed by atoms with Crippen molar-refractivity contribution in [2.24, 2.45) is 5.92 Å². The van der Waals surface area contributed by atoms with Gasteiger partial charge in [0.1, 0.15) is 10.6 Å². The van der Waals surface area contributed by atoms with Gasteiger partial charge in [0.25, 0.3) is 5.91 Å². The number of hydrogen-bond acceptors (Lipinski definition) is 8. The number of nitrogens with one attached hydrogen (secondary N) is 2. The number of urea groups is 1. The summed E-state index contributed by atoms with van der Waals surface area (Å²) >= 11 is 0. The van der Waals surface area contributed by atoms with E-state index >= 15 is 0 Å². The summed E-state index contributed by atoms with van der Waals surface area (Å²) in [5.74, 6) is -1.22. The number of esters is 1. The number of hydrogen-bond donors (Lipinski definition) is 2. The minimum Gasteiger partial charge on any atom is -0.495 e. The molecular formula is C21H29N3O8S. The van der Waals surface area contributed by atoms with Crippen LogP contribution in [0, 0.1) is 5.92 Å². The van der Waals surface area contributed by atoms with E-state index < -0.39 is 34.5 Å². The molecule has 33 heavy (non-hydrogen) atoms. The molecule has 0 unspecified atom stereocenters. The summed E-state index contributed by atoms with van der Waals surface area (Å²) in [6.45, 7) is 4.63. The topological polar surface area (TPSA) is 140 Å². The maximum absolute atomic E-state index is 13.0. The predicted octanol–water partition coefficient (Wildman–Crippen LogP) is 0.754. The average Bonchev–Trinajstić information content (AvgIpc) is 2.80. The molecule has 1 aromatic rings. The van der Waals surface area contributed by atoms with Crippen LogP contribution in [0.15, 0.2) is 29.2 Å². The van der Waals surface area contributed by atoms with Crippen molar-refractivity contribution < 1.29 is 37.0 Å². The van der Waals surface area contributed by atoms with E-state index in [2.05, 4.69) is 5.32 Å². The van der Waals surface area contributed by atoms with Gasteiger partial charge in [0.15, 0.2) is 6.61 Å². The zero-order valence-corrected chi connectivity index (χ0v) is 19.6. The lowest BCUT2D eigenvalue weighted by molar-refractivity contribution is -0.143. The molecule has 182 valence electrons. The van der Waals surface area contributed by atoms with Gasteiger partial charge >= 0.3 is 12.0 Å². The molecule has 1 aliphatic rings. The van der Waals surface area contributed by atoms with Crippen molar-refractivity contribution in [2.75, 3.05) is 46.6 Å².